The van der Waals surface area contributed by atoms with Crippen LogP contribution in [0, 0.1) is 0 Å². The Hall–Kier alpha value is -1.45. The van der Waals surface area contributed by atoms with Crippen molar-refractivity contribution in [1.82, 2.24) is 0 Å². The average Bonchev–Trinajstić information content (AvgIpc) is 1.86. The van der Waals surface area contributed by atoms with Gasteiger partial charge in [-0.3, -0.25) is 9.59 Å². The van der Waals surface area contributed by atoms with Crippen molar-refractivity contribution in [3.05, 3.63) is 12.2 Å². The van der Waals surface area contributed by atoms with E-state index >= 15 is 0 Å². The fourth-order valence-corrected chi connectivity index (χ4v) is 0.403. The zero-order valence-electron chi connectivity index (χ0n) is 6.03. The molecule has 0 aromatic heterocycles. The molecular formula is C7H8O4. The largest absolute Gasteiger partial charge is 0.475 e. The van der Waals surface area contributed by atoms with Gasteiger partial charge in [0.1, 0.15) is 5.78 Å². The lowest BCUT2D eigenvalue weighted by molar-refractivity contribution is -0.146. The van der Waals surface area contributed by atoms with Gasteiger partial charge in [-0.2, -0.15) is 0 Å². The lowest BCUT2D eigenvalue weighted by Gasteiger charge is -1.83. The highest BCUT2D eigenvalue weighted by atomic mass is 16.4. The van der Waals surface area contributed by atoms with Crippen LogP contribution < -0.4 is 0 Å². The molecule has 0 aliphatic rings. The number of carbonyl (C=O) groups is 3. The number of carboxylic acids is 1. The fraction of sp³-hybridized carbons (Fsp3) is 0.286. The highest BCUT2D eigenvalue weighted by molar-refractivity contribution is 6.37. The normalized spacial score (nSPS) is 9.91. The first-order valence-electron chi connectivity index (χ1n) is 2.97. The molecule has 0 aliphatic heterocycles. The number of hydrogen-bond acceptors (Lipinski definition) is 3. The molecule has 0 unspecified atom stereocenters. The Morgan fingerprint density at radius 1 is 1.36 bits per heavy atom. The number of allylic oxidation sites excluding steroid dienone is 1. The Kier molecular flexibility index (Phi) is 3.80. The van der Waals surface area contributed by atoms with Crippen LogP contribution >= 0.6 is 0 Å². The van der Waals surface area contributed by atoms with Crippen molar-refractivity contribution in [3.63, 3.8) is 0 Å². The Morgan fingerprint density at radius 2 is 1.91 bits per heavy atom. The molecule has 0 atom stereocenters. The molecule has 0 aromatic carbocycles. The Labute approximate surface area is 63.5 Å². The standard InChI is InChI=1S/C7H8O4/c1-5(8)3-2-4-6(9)7(10)11/h2,4H,3H2,1H3,(H,10,11). The number of carbonyl (C=O) groups excluding carboxylic acids is 2. The zero-order chi connectivity index (χ0) is 8.85. The quantitative estimate of drug-likeness (QED) is 0.465. The van der Waals surface area contributed by atoms with Crippen LogP contribution in [0.25, 0.3) is 0 Å². The van der Waals surface area contributed by atoms with Gasteiger partial charge < -0.3 is 5.11 Å². The van der Waals surface area contributed by atoms with Crippen LogP contribution in [-0.2, 0) is 14.4 Å². The number of aliphatic carboxylic acids is 1. The van der Waals surface area contributed by atoms with E-state index in [-0.39, 0.29) is 12.2 Å². The van der Waals surface area contributed by atoms with Crippen molar-refractivity contribution >= 4 is 17.5 Å². The van der Waals surface area contributed by atoms with E-state index in [1.807, 2.05) is 0 Å². The summed E-state index contributed by atoms with van der Waals surface area (Å²) in [6.07, 6.45) is 2.21. The number of Topliss-reactive ketones (excluding diaryl/α,β-unsaturated/α-hetero) is 1. The maximum atomic E-state index is 10.3. The molecule has 0 aliphatic carbocycles. The molecule has 60 valence electrons. The maximum absolute atomic E-state index is 10.3. The van der Waals surface area contributed by atoms with Crippen LogP contribution in [0.5, 0.6) is 0 Å². The van der Waals surface area contributed by atoms with E-state index in [9.17, 15) is 14.4 Å². The van der Waals surface area contributed by atoms with E-state index < -0.39 is 11.8 Å². The summed E-state index contributed by atoms with van der Waals surface area (Å²) in [7, 11) is 0. The third-order valence-electron chi connectivity index (χ3n) is 0.885. The van der Waals surface area contributed by atoms with Crippen molar-refractivity contribution in [2.45, 2.75) is 13.3 Å². The SMILES string of the molecule is CC(=O)CC=CC(=O)C(=O)O. The minimum atomic E-state index is -1.51. The molecule has 0 amide bonds. The van der Waals surface area contributed by atoms with Gasteiger partial charge in [0.2, 0.25) is 0 Å². The van der Waals surface area contributed by atoms with Gasteiger partial charge in [-0.15, -0.1) is 0 Å². The van der Waals surface area contributed by atoms with Crippen LogP contribution in [0.2, 0.25) is 0 Å². The Bertz CT molecular complexity index is 214. The average molecular weight is 156 g/mol. The third-order valence-corrected chi connectivity index (χ3v) is 0.885. The van der Waals surface area contributed by atoms with Crippen LogP contribution in [-0.4, -0.2) is 22.6 Å². The maximum Gasteiger partial charge on any atom is 0.376 e. The van der Waals surface area contributed by atoms with Gasteiger partial charge in [-0.1, -0.05) is 6.08 Å². The summed E-state index contributed by atoms with van der Waals surface area (Å²) in [4.78, 5) is 30.5. The first-order valence-corrected chi connectivity index (χ1v) is 2.97. The summed E-state index contributed by atoms with van der Waals surface area (Å²) in [6.45, 7) is 1.36. The summed E-state index contributed by atoms with van der Waals surface area (Å²) in [5.74, 6) is -2.63. The van der Waals surface area contributed by atoms with E-state index in [1.165, 1.54) is 13.0 Å². The lowest BCUT2D eigenvalue weighted by Crippen LogP contribution is -2.08. The van der Waals surface area contributed by atoms with E-state index in [4.69, 9.17) is 5.11 Å². The molecule has 0 radical (unpaired) electrons. The summed E-state index contributed by atoms with van der Waals surface area (Å²) >= 11 is 0. The molecule has 0 rings (SSSR count). The lowest BCUT2D eigenvalue weighted by atomic mass is 10.2. The van der Waals surface area contributed by atoms with E-state index in [0.717, 1.165) is 6.08 Å². The molecule has 0 saturated heterocycles. The van der Waals surface area contributed by atoms with E-state index in [0.29, 0.717) is 0 Å². The number of ketones is 2. The molecule has 4 nitrogen and oxygen atoms in total. The molecule has 0 spiro atoms. The Balaban J connectivity index is 3.84. The van der Waals surface area contributed by atoms with Crippen molar-refractivity contribution in [1.29, 1.82) is 0 Å². The predicted octanol–water partition coefficient (Wildman–Crippen LogP) is 0.175. The number of carboxylic acid groups (broad SMARTS) is 1. The van der Waals surface area contributed by atoms with Crippen molar-refractivity contribution < 1.29 is 19.5 Å². The van der Waals surface area contributed by atoms with Crippen LogP contribution in [0.15, 0.2) is 12.2 Å². The second-order valence-corrected chi connectivity index (χ2v) is 1.98. The minimum Gasteiger partial charge on any atom is -0.475 e. The van der Waals surface area contributed by atoms with E-state index in [1.54, 1.807) is 0 Å². The van der Waals surface area contributed by atoms with Gasteiger partial charge in [-0.05, 0) is 13.0 Å². The number of hydrogen-bond donors (Lipinski definition) is 1. The molecule has 4 heteroatoms. The smallest absolute Gasteiger partial charge is 0.376 e. The molecule has 0 fully saturated rings. The summed E-state index contributed by atoms with van der Waals surface area (Å²) < 4.78 is 0. The second-order valence-electron chi connectivity index (χ2n) is 1.98. The van der Waals surface area contributed by atoms with Crippen molar-refractivity contribution in [3.8, 4) is 0 Å². The van der Waals surface area contributed by atoms with Crippen LogP contribution in [0.4, 0.5) is 0 Å². The highest BCUT2D eigenvalue weighted by Gasteiger charge is 2.04. The topological polar surface area (TPSA) is 71.4 Å². The predicted molar refractivity (Wildman–Crippen MR) is 37.1 cm³/mol. The van der Waals surface area contributed by atoms with Crippen molar-refractivity contribution in [2.24, 2.45) is 0 Å². The first kappa shape index (κ1) is 9.55. The van der Waals surface area contributed by atoms with Crippen molar-refractivity contribution in [2.75, 3.05) is 0 Å². The van der Waals surface area contributed by atoms with Crippen LogP contribution in [0.3, 0.4) is 0 Å². The van der Waals surface area contributed by atoms with Gasteiger partial charge in [0.05, 0.1) is 0 Å². The van der Waals surface area contributed by atoms with Gasteiger partial charge in [0.15, 0.2) is 0 Å². The van der Waals surface area contributed by atoms with Crippen LogP contribution in [0.1, 0.15) is 13.3 Å². The number of rotatable bonds is 4. The van der Waals surface area contributed by atoms with E-state index in [2.05, 4.69) is 0 Å². The molecule has 11 heavy (non-hydrogen) atoms. The highest BCUT2D eigenvalue weighted by Crippen LogP contribution is 1.85. The summed E-state index contributed by atoms with van der Waals surface area (Å²) in [5, 5.41) is 8.06. The molecule has 0 bridgehead atoms. The molecule has 0 heterocycles. The van der Waals surface area contributed by atoms with Gasteiger partial charge in [-0.25, -0.2) is 4.79 Å². The van der Waals surface area contributed by atoms with Gasteiger partial charge in [0, 0.05) is 6.42 Å². The zero-order valence-corrected chi connectivity index (χ0v) is 6.03. The fourth-order valence-electron chi connectivity index (χ4n) is 0.403. The van der Waals surface area contributed by atoms with Gasteiger partial charge in [0.25, 0.3) is 5.78 Å². The molecular weight excluding hydrogens is 148 g/mol. The molecule has 1 N–H and O–H groups in total. The van der Waals surface area contributed by atoms with Gasteiger partial charge >= 0.3 is 5.97 Å². The molecule has 0 aromatic rings. The third kappa shape index (κ3) is 5.02. The summed E-state index contributed by atoms with van der Waals surface area (Å²) in [6, 6.07) is 0. The minimum absolute atomic E-state index is 0.0962. The summed E-state index contributed by atoms with van der Waals surface area (Å²) in [5.41, 5.74) is 0. The molecule has 0 saturated carbocycles. The first-order chi connectivity index (χ1) is 5.04. The Morgan fingerprint density at radius 3 is 2.27 bits per heavy atom. The second kappa shape index (κ2) is 4.38. The monoisotopic (exact) mass is 156 g/mol.